The highest BCUT2D eigenvalue weighted by molar-refractivity contribution is 5.71. The number of carbonyl (C=O) groups excluding carboxylic acids is 3. The lowest BCUT2D eigenvalue weighted by atomic mass is 10.0. The summed E-state index contributed by atoms with van der Waals surface area (Å²) in [6.07, 6.45) is 45.1. The first-order chi connectivity index (χ1) is 28.2. The largest absolute Gasteiger partial charge is 0.462 e. The highest BCUT2D eigenvalue weighted by Crippen LogP contribution is 2.17. The highest BCUT2D eigenvalue weighted by Gasteiger charge is 2.19. The first-order valence-corrected chi connectivity index (χ1v) is 25.7. The Hall–Kier alpha value is -1.59. The Labute approximate surface area is 361 Å². The van der Waals surface area contributed by atoms with Crippen molar-refractivity contribution in [2.75, 3.05) is 13.2 Å². The Balaban J connectivity index is 4.32. The van der Waals surface area contributed by atoms with Crippen molar-refractivity contribution in [3.63, 3.8) is 0 Å². The van der Waals surface area contributed by atoms with Gasteiger partial charge in [0.1, 0.15) is 13.2 Å². The molecule has 0 aliphatic carbocycles. The molecule has 0 spiro atoms. The molecule has 0 heterocycles. The van der Waals surface area contributed by atoms with Gasteiger partial charge in [0, 0.05) is 19.3 Å². The molecule has 0 saturated carbocycles. The van der Waals surface area contributed by atoms with Crippen LogP contribution in [0.5, 0.6) is 0 Å². The monoisotopic (exact) mass is 821 g/mol. The molecule has 0 bridgehead atoms. The van der Waals surface area contributed by atoms with E-state index in [2.05, 4.69) is 34.6 Å². The van der Waals surface area contributed by atoms with E-state index in [-0.39, 0.29) is 31.1 Å². The van der Waals surface area contributed by atoms with Gasteiger partial charge < -0.3 is 14.2 Å². The van der Waals surface area contributed by atoms with Crippen LogP contribution < -0.4 is 0 Å². The number of carbonyl (C=O) groups is 3. The summed E-state index contributed by atoms with van der Waals surface area (Å²) in [5.74, 6) is 0.786. The number of hydrogen-bond donors (Lipinski definition) is 0. The molecule has 0 radical (unpaired) electrons. The Morgan fingerprint density at radius 1 is 0.328 bits per heavy atom. The van der Waals surface area contributed by atoms with Crippen molar-refractivity contribution in [2.45, 2.75) is 291 Å². The van der Waals surface area contributed by atoms with E-state index in [1.807, 2.05) is 0 Å². The minimum Gasteiger partial charge on any atom is -0.462 e. The van der Waals surface area contributed by atoms with E-state index in [1.54, 1.807) is 0 Å². The average molecular weight is 821 g/mol. The van der Waals surface area contributed by atoms with E-state index in [1.165, 1.54) is 173 Å². The summed E-state index contributed by atoms with van der Waals surface area (Å²) >= 11 is 0. The first kappa shape index (κ1) is 56.4. The maximum atomic E-state index is 12.8. The number of esters is 3. The van der Waals surface area contributed by atoms with Gasteiger partial charge >= 0.3 is 17.9 Å². The zero-order valence-electron chi connectivity index (χ0n) is 39.7. The third kappa shape index (κ3) is 45.5. The molecule has 58 heavy (non-hydrogen) atoms. The van der Waals surface area contributed by atoms with Gasteiger partial charge in [-0.1, -0.05) is 247 Å². The number of hydrogen-bond acceptors (Lipinski definition) is 6. The van der Waals surface area contributed by atoms with Crippen LogP contribution in [0.25, 0.3) is 0 Å². The third-order valence-electron chi connectivity index (χ3n) is 11.7. The van der Waals surface area contributed by atoms with Crippen LogP contribution in [0.4, 0.5) is 0 Å². The molecular formula is C52H100O6. The second-order valence-corrected chi connectivity index (χ2v) is 18.8. The Kier molecular flexibility index (Phi) is 43.7. The third-order valence-corrected chi connectivity index (χ3v) is 11.7. The molecule has 0 N–H and O–H groups in total. The molecule has 0 amide bonds. The molecule has 344 valence electrons. The lowest BCUT2D eigenvalue weighted by Gasteiger charge is -2.18. The molecule has 0 saturated heterocycles. The van der Waals surface area contributed by atoms with Gasteiger partial charge in [-0.05, 0) is 31.1 Å². The van der Waals surface area contributed by atoms with Crippen LogP contribution in [0.3, 0.4) is 0 Å². The Morgan fingerprint density at radius 2 is 0.569 bits per heavy atom. The van der Waals surface area contributed by atoms with Crippen molar-refractivity contribution in [3.8, 4) is 0 Å². The minimum absolute atomic E-state index is 0.0640. The number of ether oxygens (including phenoxy) is 3. The van der Waals surface area contributed by atoms with Crippen molar-refractivity contribution >= 4 is 17.9 Å². The summed E-state index contributed by atoms with van der Waals surface area (Å²) in [5.41, 5.74) is 0. The highest BCUT2D eigenvalue weighted by atomic mass is 16.6. The molecule has 0 aromatic heterocycles. The van der Waals surface area contributed by atoms with Crippen LogP contribution in [0.2, 0.25) is 0 Å². The van der Waals surface area contributed by atoms with Gasteiger partial charge in [0.2, 0.25) is 0 Å². The number of unbranched alkanes of at least 4 members (excludes halogenated alkanes) is 31. The van der Waals surface area contributed by atoms with Gasteiger partial charge in [-0.2, -0.15) is 0 Å². The fourth-order valence-electron chi connectivity index (χ4n) is 7.81. The topological polar surface area (TPSA) is 78.9 Å². The van der Waals surface area contributed by atoms with Crippen LogP contribution in [0.1, 0.15) is 285 Å². The molecule has 0 unspecified atom stereocenters. The van der Waals surface area contributed by atoms with Crippen LogP contribution in [-0.2, 0) is 28.6 Å². The van der Waals surface area contributed by atoms with Crippen molar-refractivity contribution < 1.29 is 28.6 Å². The maximum Gasteiger partial charge on any atom is 0.306 e. The van der Waals surface area contributed by atoms with E-state index in [0.29, 0.717) is 19.3 Å². The van der Waals surface area contributed by atoms with Crippen molar-refractivity contribution in [1.82, 2.24) is 0 Å². The predicted molar refractivity (Wildman–Crippen MR) is 247 cm³/mol. The average Bonchev–Trinajstić information content (AvgIpc) is 3.19. The van der Waals surface area contributed by atoms with Crippen LogP contribution >= 0.6 is 0 Å². The molecule has 0 fully saturated rings. The van der Waals surface area contributed by atoms with E-state index >= 15 is 0 Å². The summed E-state index contributed by atoms with van der Waals surface area (Å²) in [7, 11) is 0. The lowest BCUT2D eigenvalue weighted by molar-refractivity contribution is -0.167. The molecule has 0 aliphatic rings. The van der Waals surface area contributed by atoms with Crippen LogP contribution in [0, 0.1) is 11.8 Å². The molecule has 0 aromatic rings. The maximum absolute atomic E-state index is 12.8. The van der Waals surface area contributed by atoms with Gasteiger partial charge in [-0.15, -0.1) is 0 Å². The lowest BCUT2D eigenvalue weighted by Crippen LogP contribution is -2.30. The minimum atomic E-state index is -0.761. The van der Waals surface area contributed by atoms with E-state index in [9.17, 15) is 14.4 Å². The van der Waals surface area contributed by atoms with Crippen LogP contribution in [0.15, 0.2) is 0 Å². The fraction of sp³-hybridized carbons (Fsp3) is 0.942. The normalized spacial score (nSPS) is 12.1. The fourth-order valence-corrected chi connectivity index (χ4v) is 7.81. The molecule has 0 aliphatic heterocycles. The Bertz CT molecular complexity index is 885. The Morgan fingerprint density at radius 3 is 0.845 bits per heavy atom. The van der Waals surface area contributed by atoms with Crippen LogP contribution in [-0.4, -0.2) is 37.2 Å². The number of rotatable bonds is 46. The van der Waals surface area contributed by atoms with Gasteiger partial charge in [0.25, 0.3) is 0 Å². The predicted octanol–water partition coefficient (Wildman–Crippen LogP) is 16.5. The summed E-state index contributed by atoms with van der Waals surface area (Å²) < 4.78 is 16.8. The summed E-state index contributed by atoms with van der Waals surface area (Å²) in [6, 6.07) is 0. The van der Waals surface area contributed by atoms with Crippen molar-refractivity contribution in [3.05, 3.63) is 0 Å². The molecule has 0 rings (SSSR count). The zero-order chi connectivity index (χ0) is 42.6. The zero-order valence-corrected chi connectivity index (χ0v) is 39.7. The quantitative estimate of drug-likeness (QED) is 0.0346. The van der Waals surface area contributed by atoms with E-state index < -0.39 is 6.10 Å². The molecule has 0 aromatic carbocycles. The summed E-state index contributed by atoms with van der Waals surface area (Å²) in [6.45, 7) is 11.3. The standard InChI is InChI=1S/C52H100O6/c1-6-7-8-9-10-11-12-13-14-17-23-29-34-39-44-52(55)58-49(46-57-51(54)43-38-33-28-24-19-21-26-31-36-41-48(4)5)45-56-50(53)42-37-32-27-22-18-15-16-20-25-30-35-40-47(2)3/h47-49H,6-46H2,1-5H3/t49-/m1/s1. The first-order valence-electron chi connectivity index (χ1n) is 25.7. The second kappa shape index (κ2) is 44.9. The van der Waals surface area contributed by atoms with Gasteiger partial charge in [-0.25, -0.2) is 0 Å². The van der Waals surface area contributed by atoms with Gasteiger partial charge in [-0.3, -0.25) is 14.4 Å². The summed E-state index contributed by atoms with van der Waals surface area (Å²) in [5, 5.41) is 0. The molecular weight excluding hydrogens is 721 g/mol. The van der Waals surface area contributed by atoms with E-state index in [0.717, 1.165) is 69.6 Å². The molecule has 6 nitrogen and oxygen atoms in total. The van der Waals surface area contributed by atoms with Gasteiger partial charge in [0.05, 0.1) is 0 Å². The van der Waals surface area contributed by atoms with Gasteiger partial charge in [0.15, 0.2) is 6.10 Å². The molecule has 6 heteroatoms. The summed E-state index contributed by atoms with van der Waals surface area (Å²) in [4.78, 5) is 37.9. The smallest absolute Gasteiger partial charge is 0.306 e. The van der Waals surface area contributed by atoms with Crippen molar-refractivity contribution in [2.24, 2.45) is 11.8 Å². The molecule has 1 atom stereocenters. The SMILES string of the molecule is CCCCCCCCCCCCCCCCC(=O)O[C@H](COC(=O)CCCCCCCCCCCCCC(C)C)COC(=O)CCCCCCCCCCCC(C)C. The van der Waals surface area contributed by atoms with E-state index in [4.69, 9.17) is 14.2 Å². The second-order valence-electron chi connectivity index (χ2n) is 18.8. The van der Waals surface area contributed by atoms with Crippen molar-refractivity contribution in [1.29, 1.82) is 0 Å².